The van der Waals surface area contributed by atoms with E-state index in [0.29, 0.717) is 52.2 Å². The van der Waals surface area contributed by atoms with E-state index < -0.39 is 5.92 Å². The highest BCUT2D eigenvalue weighted by Gasteiger charge is 2.43. The highest BCUT2D eigenvalue weighted by molar-refractivity contribution is 6.30. The van der Waals surface area contributed by atoms with Crippen LogP contribution in [0.4, 0.5) is 10.1 Å². The van der Waals surface area contributed by atoms with Gasteiger partial charge in [-0.2, -0.15) is 0 Å². The first kappa shape index (κ1) is 22.1. The fourth-order valence-corrected chi connectivity index (χ4v) is 4.93. The van der Waals surface area contributed by atoms with Crippen LogP contribution < -0.4 is 4.90 Å². The molecule has 1 aliphatic carbocycles. The molecule has 34 heavy (non-hydrogen) atoms. The summed E-state index contributed by atoms with van der Waals surface area (Å²) in [5.74, 6) is -1.10. The van der Waals surface area contributed by atoms with Crippen molar-refractivity contribution in [2.45, 2.75) is 25.2 Å². The number of carbonyl (C=O) groups is 1. The van der Waals surface area contributed by atoms with Crippen LogP contribution in [0, 0.1) is 11.2 Å². The molecule has 0 radical (unpaired) electrons. The van der Waals surface area contributed by atoms with E-state index in [9.17, 15) is 19.7 Å². The number of rotatable bonds is 3. The summed E-state index contributed by atoms with van der Waals surface area (Å²) in [6.45, 7) is 0. The Morgan fingerprint density at radius 2 is 1.65 bits per heavy atom. The molecule has 6 heteroatoms. The second kappa shape index (κ2) is 8.92. The molecule has 4 nitrogen and oxygen atoms in total. The number of anilines is 1. The lowest BCUT2D eigenvalue weighted by molar-refractivity contribution is -0.116. The summed E-state index contributed by atoms with van der Waals surface area (Å²) in [5, 5.41) is 21.3. The quantitative estimate of drug-likeness (QED) is 0.402. The van der Waals surface area contributed by atoms with E-state index in [1.54, 1.807) is 65.6 Å². The maximum atomic E-state index is 13.8. The van der Waals surface area contributed by atoms with Gasteiger partial charge in [-0.15, -0.1) is 0 Å². The number of nitrogens with zero attached hydrogens (tertiary/aromatic N) is 1. The Morgan fingerprint density at radius 1 is 0.971 bits per heavy atom. The van der Waals surface area contributed by atoms with Gasteiger partial charge in [0.1, 0.15) is 17.4 Å². The van der Waals surface area contributed by atoms with E-state index in [4.69, 9.17) is 11.6 Å². The van der Waals surface area contributed by atoms with Gasteiger partial charge in [-0.25, -0.2) is 4.39 Å². The molecule has 0 aromatic heterocycles. The van der Waals surface area contributed by atoms with Gasteiger partial charge in [0.25, 0.3) is 0 Å². The highest BCUT2D eigenvalue weighted by atomic mass is 35.5. The maximum Gasteiger partial charge on any atom is 0.161 e. The zero-order valence-electron chi connectivity index (χ0n) is 18.3. The molecule has 3 aromatic rings. The minimum Gasteiger partial charge on any atom is -0.507 e. The molecule has 0 amide bonds. The Bertz CT molecular complexity index is 1330. The minimum absolute atomic E-state index is 0.0274. The van der Waals surface area contributed by atoms with Crippen molar-refractivity contribution in [3.63, 3.8) is 0 Å². The average molecular weight is 473 g/mol. The third kappa shape index (κ3) is 3.82. The molecule has 170 valence electrons. The van der Waals surface area contributed by atoms with Gasteiger partial charge in [-0.05, 0) is 54.8 Å². The Hall–Kier alpha value is -3.70. The van der Waals surface area contributed by atoms with Crippen LogP contribution in [0.15, 0.2) is 95.7 Å². The van der Waals surface area contributed by atoms with Crippen LogP contribution in [0.1, 0.15) is 36.3 Å². The molecule has 5 rings (SSSR count). The molecule has 1 atom stereocenters. The van der Waals surface area contributed by atoms with Gasteiger partial charge in [0.2, 0.25) is 0 Å². The number of nitrogens with one attached hydrogen (secondary N) is 1. The monoisotopic (exact) mass is 472 g/mol. The van der Waals surface area contributed by atoms with Gasteiger partial charge in [0.15, 0.2) is 5.78 Å². The number of hydrogen-bond donors (Lipinski definition) is 2. The van der Waals surface area contributed by atoms with Gasteiger partial charge in [0.05, 0.1) is 0 Å². The fraction of sp³-hybridized carbons (Fsp3) is 0.143. The molecular formula is C28H22ClFN2O2. The van der Waals surface area contributed by atoms with Crippen LogP contribution in [0.5, 0.6) is 0 Å². The first-order valence-electron chi connectivity index (χ1n) is 11.1. The number of hydrogen-bond acceptors (Lipinski definition) is 3. The van der Waals surface area contributed by atoms with Crippen LogP contribution in [0.25, 0.3) is 5.76 Å². The van der Waals surface area contributed by atoms with E-state index in [-0.39, 0.29) is 23.2 Å². The molecule has 2 aliphatic rings. The minimum atomic E-state index is -0.681. The number of ketones is 1. The summed E-state index contributed by atoms with van der Waals surface area (Å²) < 4.78 is 13.8. The fourth-order valence-electron chi connectivity index (χ4n) is 4.81. The number of aliphatic hydroxyl groups is 1. The topological polar surface area (TPSA) is 64.4 Å². The number of allylic oxidation sites excluding steroid dienone is 2. The molecule has 0 spiro atoms. The van der Waals surface area contributed by atoms with Gasteiger partial charge in [-0.3, -0.25) is 15.1 Å². The number of benzene rings is 3. The summed E-state index contributed by atoms with van der Waals surface area (Å²) in [6, 6.07) is 22.0. The third-order valence-corrected chi connectivity index (χ3v) is 6.60. The van der Waals surface area contributed by atoms with Gasteiger partial charge >= 0.3 is 0 Å². The molecule has 0 fully saturated rings. The van der Waals surface area contributed by atoms with Crippen molar-refractivity contribution >= 4 is 34.7 Å². The van der Waals surface area contributed by atoms with E-state index in [2.05, 4.69) is 0 Å². The van der Waals surface area contributed by atoms with Gasteiger partial charge in [0, 0.05) is 45.5 Å². The SMILES string of the molecule is N=C1/C(=C(/O)c2ccccc2)C(c2ccc(F)cc2)C2=C(CCCC2=O)N1c1ccc(Cl)cc1. The summed E-state index contributed by atoms with van der Waals surface area (Å²) >= 11 is 6.10. The van der Waals surface area contributed by atoms with E-state index >= 15 is 0 Å². The van der Waals surface area contributed by atoms with E-state index in [1.807, 2.05) is 6.07 Å². The van der Waals surface area contributed by atoms with Crippen LogP contribution >= 0.6 is 11.6 Å². The molecule has 0 bridgehead atoms. The van der Waals surface area contributed by atoms with Gasteiger partial charge in [-0.1, -0.05) is 54.1 Å². The molecule has 1 aliphatic heterocycles. The smallest absolute Gasteiger partial charge is 0.161 e. The number of halogens is 2. The summed E-state index contributed by atoms with van der Waals surface area (Å²) in [6.07, 6.45) is 1.68. The second-order valence-corrected chi connectivity index (χ2v) is 8.85. The van der Waals surface area contributed by atoms with E-state index in [0.717, 1.165) is 5.70 Å². The van der Waals surface area contributed by atoms with Crippen molar-refractivity contribution in [2.75, 3.05) is 4.90 Å². The largest absolute Gasteiger partial charge is 0.507 e. The first-order chi connectivity index (χ1) is 16.5. The summed E-state index contributed by atoms with van der Waals surface area (Å²) in [7, 11) is 0. The molecule has 2 N–H and O–H groups in total. The summed E-state index contributed by atoms with van der Waals surface area (Å²) in [5.41, 5.74) is 3.47. The lowest BCUT2D eigenvalue weighted by atomic mass is 9.73. The molecule has 0 saturated carbocycles. The highest BCUT2D eigenvalue weighted by Crippen LogP contribution is 2.47. The zero-order chi connectivity index (χ0) is 23.8. The lowest BCUT2D eigenvalue weighted by Gasteiger charge is -2.41. The van der Waals surface area contributed by atoms with Crippen LogP contribution in [0.2, 0.25) is 5.02 Å². The Balaban J connectivity index is 1.82. The average Bonchev–Trinajstić information content (AvgIpc) is 2.85. The van der Waals surface area contributed by atoms with Crippen LogP contribution in [0.3, 0.4) is 0 Å². The molecule has 0 saturated heterocycles. The van der Waals surface area contributed by atoms with Gasteiger partial charge < -0.3 is 5.11 Å². The Labute approximate surface area is 202 Å². The Morgan fingerprint density at radius 3 is 2.32 bits per heavy atom. The maximum absolute atomic E-state index is 13.8. The molecule has 1 heterocycles. The molecular weight excluding hydrogens is 451 g/mol. The number of Topliss-reactive ketones (excluding diaryl/α,β-unsaturated/α-hetero) is 1. The predicted octanol–water partition coefficient (Wildman–Crippen LogP) is 7.04. The predicted molar refractivity (Wildman–Crippen MR) is 133 cm³/mol. The first-order valence-corrected chi connectivity index (χ1v) is 11.5. The molecule has 3 aromatic carbocycles. The van der Waals surface area contributed by atoms with Crippen molar-refractivity contribution in [1.29, 1.82) is 5.41 Å². The van der Waals surface area contributed by atoms with Crippen LogP contribution in [-0.4, -0.2) is 16.7 Å². The Kier molecular flexibility index (Phi) is 5.80. The third-order valence-electron chi connectivity index (χ3n) is 6.35. The standard InChI is InChI=1S/C28H22ClFN2O2/c29-19-11-15-21(16-12-19)32-22-7-4-8-23(33)25(22)24(17-9-13-20(30)14-10-17)26(28(32)31)27(34)18-5-2-1-3-6-18/h1-3,5-6,9-16,24,31,34H,4,7-8H2/b27-26+,31-28?. The number of amidine groups is 1. The van der Waals surface area contributed by atoms with Crippen molar-refractivity contribution in [1.82, 2.24) is 0 Å². The van der Waals surface area contributed by atoms with E-state index in [1.165, 1.54) is 12.1 Å². The second-order valence-electron chi connectivity index (χ2n) is 8.41. The summed E-state index contributed by atoms with van der Waals surface area (Å²) in [4.78, 5) is 15.1. The number of aliphatic hydroxyl groups excluding tert-OH is 1. The molecule has 1 unspecified atom stereocenters. The number of carbonyl (C=O) groups excluding carboxylic acids is 1. The van der Waals surface area contributed by atoms with Crippen LogP contribution in [-0.2, 0) is 4.79 Å². The van der Waals surface area contributed by atoms with Crippen molar-refractivity contribution in [3.05, 3.63) is 118 Å². The van der Waals surface area contributed by atoms with Crippen molar-refractivity contribution in [2.24, 2.45) is 0 Å². The normalized spacial score (nSPS) is 19.8. The van der Waals surface area contributed by atoms with Crippen molar-refractivity contribution < 1.29 is 14.3 Å². The zero-order valence-corrected chi connectivity index (χ0v) is 19.0. The van der Waals surface area contributed by atoms with Crippen molar-refractivity contribution in [3.8, 4) is 0 Å². The lowest BCUT2D eigenvalue weighted by Crippen LogP contribution is -2.42.